The first kappa shape index (κ1) is 17.8. The Bertz CT molecular complexity index is 715. The fraction of sp³-hybridized carbons (Fsp3) is 0.312. The van der Waals surface area contributed by atoms with Crippen molar-refractivity contribution in [2.45, 2.75) is 26.8 Å². The number of urea groups is 1. The first-order valence-corrected chi connectivity index (χ1v) is 7.98. The molecule has 1 heterocycles. The highest BCUT2D eigenvalue weighted by Gasteiger charge is 2.20. The number of hydrogen-bond donors (Lipinski definition) is 3. The van der Waals surface area contributed by atoms with Crippen LogP contribution in [0, 0.1) is 0 Å². The molecule has 0 aliphatic heterocycles. The number of H-pyrrole nitrogens is 1. The second-order valence-corrected chi connectivity index (χ2v) is 5.84. The Morgan fingerprint density at radius 3 is 2.62 bits per heavy atom. The zero-order valence-electron chi connectivity index (χ0n) is 13.8. The van der Waals surface area contributed by atoms with Crippen LogP contribution in [0.2, 0.25) is 5.02 Å². The lowest BCUT2D eigenvalue weighted by Gasteiger charge is -2.25. The molecule has 128 valence electrons. The number of halogens is 1. The molecule has 2 rings (SSSR count). The molecule has 24 heavy (non-hydrogen) atoms. The molecule has 3 amide bonds. The predicted molar refractivity (Wildman–Crippen MR) is 94.5 cm³/mol. The Kier molecular flexibility index (Phi) is 5.81. The Balaban J connectivity index is 2.15. The van der Waals surface area contributed by atoms with Crippen molar-refractivity contribution in [2.75, 3.05) is 17.2 Å². The number of hydrogen-bond acceptors (Lipinski definition) is 3. The van der Waals surface area contributed by atoms with Crippen LogP contribution in [0.3, 0.4) is 0 Å². The summed E-state index contributed by atoms with van der Waals surface area (Å²) < 4.78 is 0. The van der Waals surface area contributed by atoms with Crippen molar-refractivity contribution in [1.29, 1.82) is 0 Å². The Labute approximate surface area is 145 Å². The molecular formula is C16H20ClN5O2. The lowest BCUT2D eigenvalue weighted by Crippen LogP contribution is -2.36. The van der Waals surface area contributed by atoms with Crippen LogP contribution in [0.4, 0.5) is 16.3 Å². The van der Waals surface area contributed by atoms with Gasteiger partial charge in [0.05, 0.1) is 16.8 Å². The highest BCUT2D eigenvalue weighted by Crippen LogP contribution is 2.23. The number of benzene rings is 1. The number of rotatable bonds is 5. The fourth-order valence-electron chi connectivity index (χ4n) is 2.28. The van der Waals surface area contributed by atoms with Gasteiger partial charge in [0.1, 0.15) is 5.82 Å². The summed E-state index contributed by atoms with van der Waals surface area (Å²) in [6.45, 7) is 6.36. The lowest BCUT2D eigenvalue weighted by atomic mass is 10.1. The average Bonchev–Trinajstić information content (AvgIpc) is 3.02. The summed E-state index contributed by atoms with van der Waals surface area (Å²) in [6.07, 6.45) is 1.53. The molecule has 1 aromatic carbocycles. The molecule has 0 bridgehead atoms. The molecule has 7 nitrogen and oxygen atoms in total. The van der Waals surface area contributed by atoms with Crippen molar-refractivity contribution in [1.82, 2.24) is 15.1 Å². The third-order valence-corrected chi connectivity index (χ3v) is 3.76. The van der Waals surface area contributed by atoms with Gasteiger partial charge in [0.2, 0.25) is 0 Å². The summed E-state index contributed by atoms with van der Waals surface area (Å²) in [7, 11) is 0. The van der Waals surface area contributed by atoms with E-state index in [-0.39, 0.29) is 11.9 Å². The number of carbonyl (C=O) groups excluding carboxylic acids is 2. The topological polar surface area (TPSA) is 90.1 Å². The van der Waals surface area contributed by atoms with E-state index in [0.717, 1.165) is 0 Å². The summed E-state index contributed by atoms with van der Waals surface area (Å²) >= 11 is 6.16. The minimum Gasteiger partial charge on any atom is -0.336 e. The molecule has 0 spiro atoms. The van der Waals surface area contributed by atoms with E-state index < -0.39 is 6.03 Å². The Morgan fingerprint density at radius 2 is 2.04 bits per heavy atom. The van der Waals surface area contributed by atoms with E-state index >= 15 is 0 Å². The van der Waals surface area contributed by atoms with Crippen molar-refractivity contribution in [3.63, 3.8) is 0 Å². The summed E-state index contributed by atoms with van der Waals surface area (Å²) in [4.78, 5) is 26.3. The molecule has 0 saturated carbocycles. The van der Waals surface area contributed by atoms with E-state index in [2.05, 4.69) is 20.8 Å². The van der Waals surface area contributed by atoms with Crippen LogP contribution < -0.4 is 10.6 Å². The molecule has 0 unspecified atom stereocenters. The van der Waals surface area contributed by atoms with E-state index in [1.54, 1.807) is 29.2 Å². The zero-order valence-corrected chi connectivity index (χ0v) is 14.5. The van der Waals surface area contributed by atoms with Gasteiger partial charge in [-0.25, -0.2) is 4.79 Å². The third kappa shape index (κ3) is 4.26. The van der Waals surface area contributed by atoms with E-state index in [4.69, 9.17) is 11.6 Å². The average molecular weight is 350 g/mol. The van der Waals surface area contributed by atoms with Crippen LogP contribution >= 0.6 is 11.6 Å². The van der Waals surface area contributed by atoms with Crippen LogP contribution in [0.25, 0.3) is 0 Å². The molecule has 0 atom stereocenters. The minimum atomic E-state index is -0.448. The van der Waals surface area contributed by atoms with Gasteiger partial charge < -0.3 is 10.2 Å². The standard InChI is InChI=1S/C16H20ClN5O2/c1-4-22(10(2)3)15(23)12-9-11(5-6-13(12)17)19-16(24)20-14-7-8-18-21-14/h5-10H,4H2,1-3H3,(H3,18,19,20,21,24). The summed E-state index contributed by atoms with van der Waals surface area (Å²) in [5, 5.41) is 12.0. The van der Waals surface area contributed by atoms with Crippen LogP contribution in [-0.2, 0) is 0 Å². The normalized spacial score (nSPS) is 10.5. The summed E-state index contributed by atoms with van der Waals surface area (Å²) in [5.41, 5.74) is 0.825. The van der Waals surface area contributed by atoms with Gasteiger partial charge in [-0.3, -0.25) is 15.2 Å². The Morgan fingerprint density at radius 1 is 1.29 bits per heavy atom. The monoisotopic (exact) mass is 349 g/mol. The third-order valence-electron chi connectivity index (χ3n) is 3.43. The number of carbonyl (C=O) groups is 2. The van der Waals surface area contributed by atoms with Crippen molar-refractivity contribution in [3.05, 3.63) is 41.0 Å². The Hall–Kier alpha value is -2.54. The maximum Gasteiger partial charge on any atom is 0.324 e. The molecule has 0 fully saturated rings. The van der Waals surface area contributed by atoms with Crippen LogP contribution in [0.15, 0.2) is 30.5 Å². The smallest absolute Gasteiger partial charge is 0.324 e. The first-order valence-electron chi connectivity index (χ1n) is 7.60. The van der Waals surface area contributed by atoms with Gasteiger partial charge in [-0.1, -0.05) is 11.6 Å². The first-order chi connectivity index (χ1) is 11.4. The summed E-state index contributed by atoms with van der Waals surface area (Å²) in [6, 6.07) is 6.03. The quantitative estimate of drug-likeness (QED) is 0.770. The van der Waals surface area contributed by atoms with Crippen molar-refractivity contribution >= 4 is 35.0 Å². The number of nitrogens with one attached hydrogen (secondary N) is 3. The van der Waals surface area contributed by atoms with Crippen molar-refractivity contribution in [3.8, 4) is 0 Å². The fourth-order valence-corrected chi connectivity index (χ4v) is 2.47. The number of aromatic nitrogens is 2. The van der Waals surface area contributed by atoms with E-state index in [1.807, 2.05) is 20.8 Å². The van der Waals surface area contributed by atoms with Crippen LogP contribution in [0.1, 0.15) is 31.1 Å². The van der Waals surface area contributed by atoms with Crippen LogP contribution in [0.5, 0.6) is 0 Å². The van der Waals surface area contributed by atoms with Crippen LogP contribution in [-0.4, -0.2) is 39.6 Å². The number of anilines is 2. The number of nitrogens with zero attached hydrogens (tertiary/aromatic N) is 2. The predicted octanol–water partition coefficient (Wildman–Crippen LogP) is 3.58. The highest BCUT2D eigenvalue weighted by molar-refractivity contribution is 6.34. The largest absolute Gasteiger partial charge is 0.336 e. The summed E-state index contributed by atoms with van der Waals surface area (Å²) in [5.74, 6) is 0.296. The molecule has 1 aromatic heterocycles. The van der Waals surface area contributed by atoms with Gasteiger partial charge in [0.25, 0.3) is 5.91 Å². The lowest BCUT2D eigenvalue weighted by molar-refractivity contribution is 0.0717. The molecule has 3 N–H and O–H groups in total. The van der Waals surface area contributed by atoms with Gasteiger partial charge in [0.15, 0.2) is 0 Å². The molecule has 2 aromatic rings. The zero-order chi connectivity index (χ0) is 17.7. The van der Waals surface area contributed by atoms with Gasteiger partial charge >= 0.3 is 6.03 Å². The number of aromatic amines is 1. The second-order valence-electron chi connectivity index (χ2n) is 5.43. The van der Waals surface area contributed by atoms with E-state index in [9.17, 15) is 9.59 Å². The number of amides is 3. The van der Waals surface area contributed by atoms with Gasteiger partial charge in [-0.05, 0) is 39.0 Å². The van der Waals surface area contributed by atoms with Crippen molar-refractivity contribution < 1.29 is 9.59 Å². The molecule has 0 radical (unpaired) electrons. The maximum atomic E-state index is 12.6. The van der Waals surface area contributed by atoms with Crippen molar-refractivity contribution in [2.24, 2.45) is 0 Å². The van der Waals surface area contributed by atoms with E-state index in [0.29, 0.717) is 28.6 Å². The maximum absolute atomic E-state index is 12.6. The molecule has 0 aliphatic rings. The SMILES string of the molecule is CCN(C(=O)c1cc(NC(=O)Nc2ccn[nH]2)ccc1Cl)C(C)C. The van der Waals surface area contributed by atoms with E-state index in [1.165, 1.54) is 6.20 Å². The molecule has 0 saturated heterocycles. The highest BCUT2D eigenvalue weighted by atomic mass is 35.5. The molecule has 0 aliphatic carbocycles. The molecular weight excluding hydrogens is 330 g/mol. The second kappa shape index (κ2) is 7.83. The van der Waals surface area contributed by atoms with Gasteiger partial charge in [-0.2, -0.15) is 5.10 Å². The van der Waals surface area contributed by atoms with Gasteiger partial charge in [-0.15, -0.1) is 0 Å². The van der Waals surface area contributed by atoms with Gasteiger partial charge in [0, 0.05) is 24.3 Å². The molecule has 8 heteroatoms. The minimum absolute atomic E-state index is 0.0545.